The molecule has 0 spiro atoms. The molecule has 0 radical (unpaired) electrons. The first-order valence-corrected chi connectivity index (χ1v) is 6.19. The molecule has 0 saturated heterocycles. The van der Waals surface area contributed by atoms with E-state index in [2.05, 4.69) is 5.32 Å². The molecule has 1 rings (SSSR count). The Morgan fingerprint density at radius 1 is 1.29 bits per heavy atom. The number of ether oxygens (including phenoxy) is 1. The van der Waals surface area contributed by atoms with E-state index in [1.54, 1.807) is 7.11 Å². The van der Waals surface area contributed by atoms with Crippen LogP contribution in [0, 0.1) is 0 Å². The zero-order chi connectivity index (χ0) is 12.7. The Hall–Kier alpha value is -1.06. The minimum atomic E-state index is -0.584. The Balaban J connectivity index is 2.45. The SMILES string of the molecule is CCC(O)(CC)CNCc1cccc(OC)c1. The molecule has 96 valence electrons. The Labute approximate surface area is 104 Å². The second kappa shape index (κ2) is 6.62. The zero-order valence-corrected chi connectivity index (χ0v) is 11.0. The maximum absolute atomic E-state index is 10.1. The largest absolute Gasteiger partial charge is 0.497 e. The third-order valence-corrected chi connectivity index (χ3v) is 3.23. The van der Waals surface area contributed by atoms with Crippen LogP contribution in [0.1, 0.15) is 32.3 Å². The van der Waals surface area contributed by atoms with E-state index in [1.807, 2.05) is 38.1 Å². The number of hydrogen-bond donors (Lipinski definition) is 2. The van der Waals surface area contributed by atoms with Gasteiger partial charge in [-0.15, -0.1) is 0 Å². The van der Waals surface area contributed by atoms with Gasteiger partial charge in [0.1, 0.15) is 5.75 Å². The summed E-state index contributed by atoms with van der Waals surface area (Å²) in [5, 5.41) is 13.4. The first-order valence-electron chi connectivity index (χ1n) is 6.19. The Kier molecular flexibility index (Phi) is 5.45. The first-order chi connectivity index (χ1) is 8.13. The fourth-order valence-corrected chi connectivity index (χ4v) is 1.72. The summed E-state index contributed by atoms with van der Waals surface area (Å²) in [5.74, 6) is 0.866. The van der Waals surface area contributed by atoms with Crippen LogP contribution in [0.15, 0.2) is 24.3 Å². The minimum Gasteiger partial charge on any atom is -0.497 e. The average molecular weight is 237 g/mol. The monoisotopic (exact) mass is 237 g/mol. The van der Waals surface area contributed by atoms with Gasteiger partial charge in [0, 0.05) is 13.1 Å². The fraction of sp³-hybridized carbons (Fsp3) is 0.571. The van der Waals surface area contributed by atoms with Crippen LogP contribution < -0.4 is 10.1 Å². The summed E-state index contributed by atoms with van der Waals surface area (Å²) >= 11 is 0. The highest BCUT2D eigenvalue weighted by Gasteiger charge is 2.20. The van der Waals surface area contributed by atoms with Crippen molar-refractivity contribution in [1.29, 1.82) is 0 Å². The molecule has 0 aliphatic rings. The topological polar surface area (TPSA) is 41.5 Å². The quantitative estimate of drug-likeness (QED) is 0.765. The van der Waals surface area contributed by atoms with Gasteiger partial charge in [-0.25, -0.2) is 0 Å². The van der Waals surface area contributed by atoms with Crippen molar-refractivity contribution in [3.05, 3.63) is 29.8 Å². The van der Waals surface area contributed by atoms with Gasteiger partial charge >= 0.3 is 0 Å². The zero-order valence-electron chi connectivity index (χ0n) is 11.0. The molecule has 0 amide bonds. The molecule has 1 aromatic rings. The lowest BCUT2D eigenvalue weighted by Gasteiger charge is -2.25. The smallest absolute Gasteiger partial charge is 0.119 e. The third kappa shape index (κ3) is 4.36. The van der Waals surface area contributed by atoms with Gasteiger partial charge in [0.25, 0.3) is 0 Å². The molecule has 3 nitrogen and oxygen atoms in total. The number of hydrogen-bond acceptors (Lipinski definition) is 3. The number of methoxy groups -OCH3 is 1. The van der Waals surface area contributed by atoms with E-state index in [9.17, 15) is 5.11 Å². The van der Waals surface area contributed by atoms with Crippen LogP contribution in [0.2, 0.25) is 0 Å². The Morgan fingerprint density at radius 2 is 2.00 bits per heavy atom. The summed E-state index contributed by atoms with van der Waals surface area (Å²) in [6.07, 6.45) is 1.54. The summed E-state index contributed by atoms with van der Waals surface area (Å²) in [6, 6.07) is 7.95. The van der Waals surface area contributed by atoms with Crippen LogP contribution in [0.25, 0.3) is 0 Å². The number of rotatable bonds is 7. The van der Waals surface area contributed by atoms with Gasteiger partial charge < -0.3 is 15.2 Å². The van der Waals surface area contributed by atoms with Gasteiger partial charge in [-0.1, -0.05) is 26.0 Å². The molecule has 3 heteroatoms. The molecule has 17 heavy (non-hydrogen) atoms. The molecule has 0 saturated carbocycles. The second-order valence-corrected chi connectivity index (χ2v) is 4.39. The summed E-state index contributed by atoms with van der Waals surface area (Å²) < 4.78 is 5.17. The molecule has 1 aromatic carbocycles. The van der Waals surface area contributed by atoms with Gasteiger partial charge in [-0.2, -0.15) is 0 Å². The van der Waals surface area contributed by atoms with Crippen molar-refractivity contribution in [3.63, 3.8) is 0 Å². The van der Waals surface area contributed by atoms with E-state index >= 15 is 0 Å². The van der Waals surface area contributed by atoms with Crippen molar-refractivity contribution in [3.8, 4) is 5.75 Å². The molecule has 0 bridgehead atoms. The molecule has 0 aliphatic heterocycles. The summed E-state index contributed by atoms with van der Waals surface area (Å²) in [5.41, 5.74) is 0.581. The van der Waals surface area contributed by atoms with Crippen molar-refractivity contribution < 1.29 is 9.84 Å². The van der Waals surface area contributed by atoms with Crippen molar-refractivity contribution in [2.75, 3.05) is 13.7 Å². The molecular formula is C14H23NO2. The van der Waals surface area contributed by atoms with Crippen molar-refractivity contribution in [2.45, 2.75) is 38.8 Å². The lowest BCUT2D eigenvalue weighted by Crippen LogP contribution is -2.39. The maximum atomic E-state index is 10.1. The highest BCUT2D eigenvalue weighted by Crippen LogP contribution is 2.15. The van der Waals surface area contributed by atoms with Crippen LogP contribution >= 0.6 is 0 Å². The normalized spacial score (nSPS) is 11.5. The maximum Gasteiger partial charge on any atom is 0.119 e. The van der Waals surface area contributed by atoms with Gasteiger partial charge in [-0.05, 0) is 30.5 Å². The molecule has 0 heterocycles. The van der Waals surface area contributed by atoms with Gasteiger partial charge in [0.2, 0.25) is 0 Å². The molecule has 0 fully saturated rings. The number of nitrogens with one attached hydrogen (secondary N) is 1. The van der Waals surface area contributed by atoms with E-state index in [0.717, 1.165) is 25.1 Å². The van der Waals surface area contributed by atoms with E-state index < -0.39 is 5.60 Å². The molecule has 0 unspecified atom stereocenters. The second-order valence-electron chi connectivity index (χ2n) is 4.39. The summed E-state index contributed by atoms with van der Waals surface area (Å²) in [6.45, 7) is 5.39. The molecule has 2 N–H and O–H groups in total. The fourth-order valence-electron chi connectivity index (χ4n) is 1.72. The van der Waals surface area contributed by atoms with E-state index in [0.29, 0.717) is 6.54 Å². The summed E-state index contributed by atoms with van der Waals surface area (Å²) in [4.78, 5) is 0. The molecule has 0 atom stereocenters. The number of benzene rings is 1. The van der Waals surface area contributed by atoms with E-state index in [4.69, 9.17) is 4.74 Å². The van der Waals surface area contributed by atoms with E-state index in [-0.39, 0.29) is 0 Å². The standard InChI is InChI=1S/C14H23NO2/c1-4-14(16,5-2)11-15-10-12-7-6-8-13(9-12)17-3/h6-9,15-16H,4-5,10-11H2,1-3H3. The highest BCUT2D eigenvalue weighted by atomic mass is 16.5. The predicted molar refractivity (Wildman–Crippen MR) is 70.2 cm³/mol. The predicted octanol–water partition coefficient (Wildman–Crippen LogP) is 2.34. The van der Waals surface area contributed by atoms with Crippen LogP contribution in [0.3, 0.4) is 0 Å². The molecular weight excluding hydrogens is 214 g/mol. The van der Waals surface area contributed by atoms with Gasteiger partial charge in [0.15, 0.2) is 0 Å². The van der Waals surface area contributed by atoms with Crippen LogP contribution in [-0.4, -0.2) is 24.4 Å². The first kappa shape index (κ1) is 14.0. The van der Waals surface area contributed by atoms with Crippen LogP contribution in [0.5, 0.6) is 5.75 Å². The van der Waals surface area contributed by atoms with E-state index in [1.165, 1.54) is 5.56 Å². The summed E-state index contributed by atoms with van der Waals surface area (Å²) in [7, 11) is 1.67. The van der Waals surface area contributed by atoms with Gasteiger partial charge in [0.05, 0.1) is 12.7 Å². The average Bonchev–Trinajstić information content (AvgIpc) is 2.39. The molecule has 0 aromatic heterocycles. The van der Waals surface area contributed by atoms with Crippen molar-refractivity contribution in [2.24, 2.45) is 0 Å². The van der Waals surface area contributed by atoms with Crippen LogP contribution in [0.4, 0.5) is 0 Å². The molecule has 0 aliphatic carbocycles. The Morgan fingerprint density at radius 3 is 2.59 bits per heavy atom. The lowest BCUT2D eigenvalue weighted by atomic mass is 9.97. The third-order valence-electron chi connectivity index (χ3n) is 3.23. The van der Waals surface area contributed by atoms with Crippen molar-refractivity contribution in [1.82, 2.24) is 5.32 Å². The Bertz CT molecular complexity index is 335. The highest BCUT2D eigenvalue weighted by molar-refractivity contribution is 5.28. The lowest BCUT2D eigenvalue weighted by molar-refractivity contribution is 0.0323. The number of aliphatic hydroxyl groups is 1. The van der Waals surface area contributed by atoms with Crippen molar-refractivity contribution >= 4 is 0 Å². The minimum absolute atomic E-state index is 0.584. The van der Waals surface area contributed by atoms with Crippen LogP contribution in [-0.2, 0) is 6.54 Å². The van der Waals surface area contributed by atoms with Gasteiger partial charge in [-0.3, -0.25) is 0 Å².